The molecule has 158 valence electrons. The van der Waals surface area contributed by atoms with E-state index in [-0.39, 0.29) is 12.1 Å². The van der Waals surface area contributed by atoms with Crippen molar-refractivity contribution >= 4 is 27.1 Å². The van der Waals surface area contributed by atoms with Crippen molar-refractivity contribution in [3.05, 3.63) is 53.5 Å². The van der Waals surface area contributed by atoms with Crippen LogP contribution >= 0.6 is 0 Å². The van der Waals surface area contributed by atoms with Crippen LogP contribution in [0.4, 0.5) is 10.1 Å². The van der Waals surface area contributed by atoms with Gasteiger partial charge in [-0.25, -0.2) is 17.3 Å². The summed E-state index contributed by atoms with van der Waals surface area (Å²) in [7, 11) is -2.09. The van der Waals surface area contributed by atoms with Crippen molar-refractivity contribution in [1.29, 1.82) is 0 Å². The van der Waals surface area contributed by atoms with Crippen LogP contribution in [0.1, 0.15) is 34.9 Å². The Morgan fingerprint density at radius 2 is 2.00 bits per heavy atom. The Hall–Kier alpha value is -2.98. The topological polar surface area (TPSA) is 104 Å². The highest BCUT2D eigenvalue weighted by atomic mass is 32.2. The summed E-state index contributed by atoms with van der Waals surface area (Å²) in [6, 6.07) is 7.20. The smallest absolute Gasteiger partial charge is 0.255 e. The van der Waals surface area contributed by atoms with Crippen molar-refractivity contribution < 1.29 is 22.7 Å². The van der Waals surface area contributed by atoms with Gasteiger partial charge in [0.1, 0.15) is 11.5 Å². The van der Waals surface area contributed by atoms with Gasteiger partial charge in [-0.05, 0) is 43.2 Å². The quantitative estimate of drug-likeness (QED) is 0.660. The largest absolute Gasteiger partial charge is 0.388 e. The fourth-order valence-corrected chi connectivity index (χ4v) is 4.75. The summed E-state index contributed by atoms with van der Waals surface area (Å²) in [5.74, 6) is -0.810. The van der Waals surface area contributed by atoms with Gasteiger partial charge in [0.05, 0.1) is 35.3 Å². The number of halogens is 1. The predicted octanol–water partition coefficient (Wildman–Crippen LogP) is 2.09. The molecular weight excluding hydrogens is 411 g/mol. The molecule has 1 amide bonds. The molecule has 0 bridgehead atoms. The molecule has 30 heavy (non-hydrogen) atoms. The minimum Gasteiger partial charge on any atom is -0.388 e. The van der Waals surface area contributed by atoms with Gasteiger partial charge in [0.2, 0.25) is 10.0 Å². The van der Waals surface area contributed by atoms with Gasteiger partial charge < -0.3 is 10.4 Å². The highest BCUT2D eigenvalue weighted by Crippen LogP contribution is 2.37. The molecule has 0 fully saturated rings. The molecule has 1 aromatic carbocycles. The number of benzene rings is 1. The number of carbonyl (C=O) groups is 1. The molecule has 3 heterocycles. The number of sulfonamides is 1. The van der Waals surface area contributed by atoms with Gasteiger partial charge in [-0.3, -0.25) is 9.10 Å². The van der Waals surface area contributed by atoms with Crippen molar-refractivity contribution in [3.63, 3.8) is 0 Å². The normalized spacial score (nSPS) is 16.9. The van der Waals surface area contributed by atoms with Crippen molar-refractivity contribution in [2.45, 2.75) is 18.9 Å². The average molecular weight is 432 g/mol. The fraction of sp³-hybridized carbons (Fsp3) is 0.300. The highest BCUT2D eigenvalue weighted by Gasteiger charge is 2.30. The van der Waals surface area contributed by atoms with E-state index in [9.17, 15) is 22.7 Å². The maximum Gasteiger partial charge on any atom is 0.255 e. The van der Waals surface area contributed by atoms with Crippen LogP contribution in [0.15, 0.2) is 36.5 Å². The number of carbonyl (C=O) groups excluding carboxylic acids is 1. The number of anilines is 1. The van der Waals surface area contributed by atoms with Gasteiger partial charge in [0.15, 0.2) is 0 Å². The molecule has 1 aliphatic heterocycles. The van der Waals surface area contributed by atoms with E-state index in [1.165, 1.54) is 46.3 Å². The highest BCUT2D eigenvalue weighted by molar-refractivity contribution is 7.92. The van der Waals surface area contributed by atoms with Crippen LogP contribution in [0, 0.1) is 5.82 Å². The first-order valence-corrected chi connectivity index (χ1v) is 11.3. The summed E-state index contributed by atoms with van der Waals surface area (Å²) in [6.07, 6.45) is 2.64. The molecule has 0 aliphatic carbocycles. The van der Waals surface area contributed by atoms with E-state index >= 15 is 0 Å². The standard InChI is InChI=1S/C20H21FN4O4S/c1-22-20(27)18-15-10-14-16(25(30(2,28)29)9-3-4-17(14)26)11-24(15)23-19(18)12-5-7-13(21)8-6-12/h5-8,10-11,17,26H,3-4,9H2,1-2H3,(H,22,27). The molecule has 0 spiro atoms. The maximum absolute atomic E-state index is 13.4. The number of pyridine rings is 1. The number of aromatic nitrogens is 2. The summed E-state index contributed by atoms with van der Waals surface area (Å²) < 4.78 is 40.7. The molecule has 2 aromatic heterocycles. The summed E-state index contributed by atoms with van der Waals surface area (Å²) in [5.41, 5.74) is 2.29. The third-order valence-corrected chi connectivity index (χ3v) is 6.40. The number of aliphatic hydroxyl groups is 1. The van der Waals surface area contributed by atoms with Gasteiger partial charge in [-0.15, -0.1) is 0 Å². The molecule has 0 saturated heterocycles. The number of fused-ring (bicyclic) bond motifs is 2. The monoisotopic (exact) mass is 432 g/mol. The van der Waals surface area contributed by atoms with Gasteiger partial charge >= 0.3 is 0 Å². The SMILES string of the molecule is CNC(=O)c1c(-c2ccc(F)cc2)nn2cc3c(cc12)C(O)CCCN3S(C)(=O)=O. The van der Waals surface area contributed by atoms with Crippen LogP contribution in [0.25, 0.3) is 16.8 Å². The Balaban J connectivity index is 2.03. The first-order valence-electron chi connectivity index (χ1n) is 9.41. The lowest BCUT2D eigenvalue weighted by molar-refractivity contribution is 0.0965. The average Bonchev–Trinajstić information content (AvgIpc) is 2.98. The van der Waals surface area contributed by atoms with Crippen LogP contribution in [0.3, 0.4) is 0 Å². The minimum atomic E-state index is -3.58. The van der Waals surface area contributed by atoms with Crippen molar-refractivity contribution in [1.82, 2.24) is 14.9 Å². The zero-order valence-corrected chi connectivity index (χ0v) is 17.3. The number of rotatable bonds is 3. The van der Waals surface area contributed by atoms with E-state index in [1.54, 1.807) is 6.07 Å². The first kappa shape index (κ1) is 20.3. The Morgan fingerprint density at radius 3 is 2.63 bits per heavy atom. The van der Waals surface area contributed by atoms with Gasteiger partial charge in [0, 0.05) is 24.7 Å². The molecule has 1 aliphatic rings. The molecule has 0 radical (unpaired) electrons. The molecule has 0 saturated carbocycles. The number of nitrogens with zero attached hydrogens (tertiary/aromatic N) is 3. The molecule has 10 heteroatoms. The summed E-state index contributed by atoms with van der Waals surface area (Å²) in [5, 5.41) is 17.7. The lowest BCUT2D eigenvalue weighted by atomic mass is 10.0. The third kappa shape index (κ3) is 3.41. The number of aliphatic hydroxyl groups excluding tert-OH is 1. The van der Waals surface area contributed by atoms with E-state index < -0.39 is 27.9 Å². The Labute approximate surface area is 173 Å². The molecule has 2 N–H and O–H groups in total. The zero-order chi connectivity index (χ0) is 21.6. The molecule has 8 nitrogen and oxygen atoms in total. The second kappa shape index (κ2) is 7.37. The van der Waals surface area contributed by atoms with Crippen molar-refractivity contribution in [2.75, 3.05) is 24.2 Å². The lowest BCUT2D eigenvalue weighted by Crippen LogP contribution is -2.31. The van der Waals surface area contributed by atoms with Gasteiger partial charge in [-0.2, -0.15) is 5.10 Å². The third-order valence-electron chi connectivity index (χ3n) is 5.22. The molecular formula is C20H21FN4O4S. The van der Waals surface area contributed by atoms with Crippen LogP contribution in [-0.2, 0) is 10.0 Å². The van der Waals surface area contributed by atoms with Crippen LogP contribution in [0.2, 0.25) is 0 Å². The van der Waals surface area contributed by atoms with Gasteiger partial charge in [-0.1, -0.05) is 0 Å². The molecule has 1 atom stereocenters. The molecule has 3 aromatic rings. The van der Waals surface area contributed by atoms with Crippen molar-refractivity contribution in [3.8, 4) is 11.3 Å². The zero-order valence-electron chi connectivity index (χ0n) is 16.5. The van der Waals surface area contributed by atoms with E-state index in [0.29, 0.717) is 40.9 Å². The number of hydrogen-bond acceptors (Lipinski definition) is 5. The van der Waals surface area contributed by atoms with Crippen LogP contribution < -0.4 is 9.62 Å². The van der Waals surface area contributed by atoms with E-state index in [2.05, 4.69) is 10.4 Å². The first-order chi connectivity index (χ1) is 14.2. The van der Waals surface area contributed by atoms with Crippen LogP contribution in [-0.4, -0.2) is 48.9 Å². The van der Waals surface area contributed by atoms with Crippen molar-refractivity contribution in [2.24, 2.45) is 0 Å². The number of amides is 1. The Kier molecular flexibility index (Phi) is 4.99. The second-order valence-electron chi connectivity index (χ2n) is 7.25. The fourth-order valence-electron chi connectivity index (χ4n) is 3.78. The van der Waals surface area contributed by atoms with E-state index in [1.807, 2.05) is 0 Å². The Bertz CT molecular complexity index is 1240. The number of nitrogens with one attached hydrogen (secondary N) is 1. The lowest BCUT2D eigenvalue weighted by Gasteiger charge is -2.23. The summed E-state index contributed by atoms with van der Waals surface area (Å²) in [4.78, 5) is 12.7. The molecule has 1 unspecified atom stereocenters. The van der Waals surface area contributed by atoms with Gasteiger partial charge in [0.25, 0.3) is 5.91 Å². The predicted molar refractivity (Wildman–Crippen MR) is 110 cm³/mol. The molecule has 4 rings (SSSR count). The van der Waals surface area contributed by atoms with Crippen LogP contribution in [0.5, 0.6) is 0 Å². The number of hydrogen-bond donors (Lipinski definition) is 2. The summed E-state index contributed by atoms with van der Waals surface area (Å²) in [6.45, 7) is 0.239. The second-order valence-corrected chi connectivity index (χ2v) is 9.15. The Morgan fingerprint density at radius 1 is 1.30 bits per heavy atom. The minimum absolute atomic E-state index is 0.239. The van der Waals surface area contributed by atoms with E-state index in [4.69, 9.17) is 0 Å². The maximum atomic E-state index is 13.4. The summed E-state index contributed by atoms with van der Waals surface area (Å²) >= 11 is 0. The van der Waals surface area contributed by atoms with E-state index in [0.717, 1.165) is 6.26 Å².